The van der Waals surface area contributed by atoms with Crippen molar-refractivity contribution in [1.82, 2.24) is 0 Å². The molecule has 0 aliphatic carbocycles. The molecule has 1 saturated heterocycles. The molecule has 4 aromatic carbocycles. The van der Waals surface area contributed by atoms with Crippen LogP contribution in [0.4, 0.5) is 0 Å². The summed E-state index contributed by atoms with van der Waals surface area (Å²) in [5.41, 5.74) is 3.51. The first-order valence-corrected chi connectivity index (χ1v) is 25.2. The molecule has 0 bridgehead atoms. The van der Waals surface area contributed by atoms with E-state index in [9.17, 15) is 14.7 Å². The van der Waals surface area contributed by atoms with E-state index in [-0.39, 0.29) is 45.6 Å². The summed E-state index contributed by atoms with van der Waals surface area (Å²) in [6, 6.07) is 38.4. The lowest BCUT2D eigenvalue weighted by molar-refractivity contribution is -0.323. The lowest BCUT2D eigenvalue weighted by Crippen LogP contribution is -2.63. The maximum atomic E-state index is 14.1. The van der Waals surface area contributed by atoms with Crippen LogP contribution in [-0.2, 0) is 69.2 Å². The van der Waals surface area contributed by atoms with Gasteiger partial charge in [0.2, 0.25) is 0 Å². The summed E-state index contributed by atoms with van der Waals surface area (Å²) < 4.78 is 44.0. The summed E-state index contributed by atoms with van der Waals surface area (Å²) in [6.07, 6.45) is 12.5. The Balaban J connectivity index is 1.16. The van der Waals surface area contributed by atoms with Crippen LogP contribution in [0.25, 0.3) is 0 Å². The van der Waals surface area contributed by atoms with Gasteiger partial charge in [0.1, 0.15) is 37.6 Å². The number of esters is 2. The summed E-state index contributed by atoms with van der Waals surface area (Å²) in [7, 11) is 0. The zero-order valence-electron chi connectivity index (χ0n) is 40.3. The number of ether oxygens (including phenoxy) is 7. The average molecular weight is 923 g/mol. The zero-order chi connectivity index (χ0) is 47.2. The van der Waals surface area contributed by atoms with Crippen molar-refractivity contribution in [3.8, 4) is 0 Å². The fourth-order valence-electron chi connectivity index (χ4n) is 8.37. The first kappa shape index (κ1) is 53.5. The highest BCUT2D eigenvalue weighted by Crippen LogP contribution is 2.32. The third-order valence-electron chi connectivity index (χ3n) is 12.3. The van der Waals surface area contributed by atoms with E-state index < -0.39 is 42.8 Å². The summed E-state index contributed by atoms with van der Waals surface area (Å²) in [5.74, 6) is -0.219. The predicted octanol–water partition coefficient (Wildman–Crippen LogP) is 12.0. The van der Waals surface area contributed by atoms with E-state index in [2.05, 4.69) is 13.8 Å². The molecule has 67 heavy (non-hydrogen) atoms. The number of hydrogen-bond acceptors (Lipinski definition) is 10. The molecule has 0 radical (unpaired) electrons. The Kier molecular flexibility index (Phi) is 25.8. The monoisotopic (exact) mass is 923 g/mol. The van der Waals surface area contributed by atoms with Crippen molar-refractivity contribution in [3.05, 3.63) is 144 Å². The Morgan fingerprint density at radius 1 is 0.507 bits per heavy atom. The Morgan fingerprint density at radius 3 is 1.45 bits per heavy atom. The molecule has 0 unspecified atom stereocenters. The molecular formula is C57H78O10. The molecule has 0 saturated carbocycles. The van der Waals surface area contributed by atoms with Crippen LogP contribution in [0.1, 0.15) is 139 Å². The molecular weight excluding hydrogens is 845 g/mol. The van der Waals surface area contributed by atoms with Crippen LogP contribution >= 0.6 is 0 Å². The molecule has 10 heteroatoms. The zero-order valence-corrected chi connectivity index (χ0v) is 40.3. The number of benzene rings is 4. The second-order valence-electron chi connectivity index (χ2n) is 18.1. The topological polar surface area (TPSA) is 119 Å². The number of unbranched alkanes of at least 4 members (excludes halogenated alkanes) is 11. The summed E-state index contributed by atoms with van der Waals surface area (Å²) in [5, 5.41) is 11.1. The second-order valence-corrected chi connectivity index (χ2v) is 18.1. The minimum absolute atomic E-state index is 0.0167. The molecule has 1 aliphatic heterocycles. The highest BCUT2D eigenvalue weighted by Gasteiger charge is 2.52. The van der Waals surface area contributed by atoms with Gasteiger partial charge in [-0.25, -0.2) is 4.79 Å². The van der Waals surface area contributed by atoms with Crippen molar-refractivity contribution in [2.24, 2.45) is 5.92 Å². The molecule has 366 valence electrons. The van der Waals surface area contributed by atoms with Crippen molar-refractivity contribution in [2.45, 2.75) is 180 Å². The first-order valence-electron chi connectivity index (χ1n) is 25.2. The predicted molar refractivity (Wildman–Crippen MR) is 262 cm³/mol. The van der Waals surface area contributed by atoms with Gasteiger partial charge in [-0.15, -0.1) is 0 Å². The summed E-state index contributed by atoms with van der Waals surface area (Å²) >= 11 is 0. The third-order valence-corrected chi connectivity index (χ3v) is 12.3. The quantitative estimate of drug-likeness (QED) is 0.0358. The number of aliphatic hydroxyl groups excluding tert-OH is 1. The van der Waals surface area contributed by atoms with Crippen molar-refractivity contribution < 1.29 is 47.9 Å². The number of carbonyl (C=O) groups excluding carboxylic acids is 2. The maximum Gasteiger partial charge on any atom is 0.338 e. The summed E-state index contributed by atoms with van der Waals surface area (Å²) in [6.45, 7) is 4.67. The van der Waals surface area contributed by atoms with E-state index >= 15 is 0 Å². The van der Waals surface area contributed by atoms with Gasteiger partial charge in [0.15, 0.2) is 12.4 Å². The van der Waals surface area contributed by atoms with Gasteiger partial charge in [-0.1, -0.05) is 225 Å². The van der Waals surface area contributed by atoms with Crippen LogP contribution < -0.4 is 0 Å². The fourth-order valence-corrected chi connectivity index (χ4v) is 8.37. The largest absolute Gasteiger partial charge is 0.463 e. The van der Waals surface area contributed by atoms with Crippen molar-refractivity contribution in [2.75, 3.05) is 13.2 Å². The number of rotatable bonds is 34. The van der Waals surface area contributed by atoms with Gasteiger partial charge in [-0.05, 0) is 34.6 Å². The lowest BCUT2D eigenvalue weighted by atomic mass is 9.96. The van der Waals surface area contributed by atoms with Crippen molar-refractivity contribution in [1.29, 1.82) is 0 Å². The van der Waals surface area contributed by atoms with Gasteiger partial charge < -0.3 is 38.3 Å². The van der Waals surface area contributed by atoms with Crippen molar-refractivity contribution in [3.63, 3.8) is 0 Å². The molecule has 0 aromatic heterocycles. The van der Waals surface area contributed by atoms with Crippen LogP contribution in [0.3, 0.4) is 0 Å². The SMILES string of the molecule is CCCCCCCCC[C@@H](C)CCCCCCCCC(=O)OC[C@@H](O)CO[C@H]1O[C@H](C(=O)OCc2ccccc2)[C@@H](OCc2ccccc2)[C@H](OCc2ccccc2)[C@H]1OCc1ccccc1. The van der Waals surface area contributed by atoms with Crippen LogP contribution in [0, 0.1) is 5.92 Å². The minimum atomic E-state index is -1.30. The molecule has 10 nitrogen and oxygen atoms in total. The van der Waals surface area contributed by atoms with Crippen molar-refractivity contribution >= 4 is 11.9 Å². The van der Waals surface area contributed by atoms with Gasteiger partial charge in [0, 0.05) is 6.42 Å². The summed E-state index contributed by atoms with van der Waals surface area (Å²) in [4.78, 5) is 26.9. The molecule has 5 rings (SSSR count). The van der Waals surface area contributed by atoms with Crippen LogP contribution in [0.15, 0.2) is 121 Å². The maximum absolute atomic E-state index is 14.1. The lowest BCUT2D eigenvalue weighted by Gasteiger charge is -2.45. The van der Waals surface area contributed by atoms with Gasteiger partial charge in [-0.3, -0.25) is 4.79 Å². The van der Waals surface area contributed by atoms with E-state index in [1.807, 2.05) is 121 Å². The van der Waals surface area contributed by atoms with Crippen LogP contribution in [0.5, 0.6) is 0 Å². The van der Waals surface area contributed by atoms with Crippen LogP contribution in [0.2, 0.25) is 0 Å². The first-order chi connectivity index (χ1) is 32.9. The van der Waals surface area contributed by atoms with E-state index in [0.29, 0.717) is 6.42 Å². The van der Waals surface area contributed by atoms with E-state index in [1.165, 1.54) is 77.0 Å². The van der Waals surface area contributed by atoms with E-state index in [1.54, 1.807) is 0 Å². The second kappa shape index (κ2) is 32.4. The number of carbonyl (C=O) groups is 2. The molecule has 1 heterocycles. The molecule has 0 amide bonds. The Morgan fingerprint density at radius 2 is 0.940 bits per heavy atom. The smallest absolute Gasteiger partial charge is 0.338 e. The molecule has 1 N–H and O–H groups in total. The minimum Gasteiger partial charge on any atom is -0.463 e. The fraction of sp³-hybridized carbons (Fsp3) is 0.544. The standard InChI is InChI=1S/C57H78O10/c1-3-4-5-6-7-10-17-28-45(2)29-18-11-8-9-12-27-38-51(59)61-43-50(58)44-66-57-55(64-41-48-34-23-15-24-35-48)53(63-40-47-32-21-14-22-33-47)52(62-39-46-30-19-13-20-31-46)54(67-57)56(60)65-42-49-36-25-16-26-37-49/h13-16,19-26,30-37,45,50,52-55,57-58H,3-12,17-18,27-29,38-44H2,1-2H3/t45-,50-,52+,53+,54+,55-,57+/m1/s1. The molecule has 1 aliphatic rings. The molecule has 1 fully saturated rings. The molecule has 4 aromatic rings. The van der Waals surface area contributed by atoms with E-state index in [4.69, 9.17) is 33.2 Å². The normalized spacial score (nSPS) is 19.1. The Labute approximate surface area is 401 Å². The highest BCUT2D eigenvalue weighted by atomic mass is 16.7. The van der Waals surface area contributed by atoms with Gasteiger partial charge >= 0.3 is 11.9 Å². The van der Waals surface area contributed by atoms with E-state index in [0.717, 1.165) is 47.4 Å². The number of hydrogen-bond donors (Lipinski definition) is 1. The average Bonchev–Trinajstić information content (AvgIpc) is 3.36. The number of aliphatic hydroxyl groups is 1. The van der Waals surface area contributed by atoms with Gasteiger partial charge in [-0.2, -0.15) is 0 Å². The highest BCUT2D eigenvalue weighted by molar-refractivity contribution is 5.76. The molecule has 7 atom stereocenters. The Bertz CT molecular complexity index is 1860. The van der Waals surface area contributed by atoms with Crippen LogP contribution in [-0.4, -0.2) is 67.1 Å². The third kappa shape index (κ3) is 21.2. The van der Waals surface area contributed by atoms with Gasteiger partial charge in [0.25, 0.3) is 0 Å². The molecule has 0 spiro atoms. The van der Waals surface area contributed by atoms with Gasteiger partial charge in [0.05, 0.1) is 26.4 Å². The Hall–Kier alpha value is -4.42.